The van der Waals surface area contributed by atoms with E-state index in [1.165, 1.54) is 18.4 Å². The van der Waals surface area contributed by atoms with Crippen molar-refractivity contribution in [3.63, 3.8) is 0 Å². The molecule has 0 unspecified atom stereocenters. The molecule has 0 radical (unpaired) electrons. The van der Waals surface area contributed by atoms with Crippen LogP contribution in [0.15, 0.2) is 24.3 Å². The molecule has 0 bridgehead atoms. The lowest BCUT2D eigenvalue weighted by Gasteiger charge is -2.02. The summed E-state index contributed by atoms with van der Waals surface area (Å²) >= 11 is 0. The van der Waals surface area contributed by atoms with Crippen molar-refractivity contribution >= 4 is 0 Å². The number of allylic oxidation sites excluding steroid dienone is 3. The third kappa shape index (κ3) is 7.38. The van der Waals surface area contributed by atoms with Crippen LogP contribution < -0.4 is 0 Å². The largest absolute Gasteiger partial charge is 0.0958 e. The first kappa shape index (κ1) is 10.5. The molecule has 0 aromatic rings. The van der Waals surface area contributed by atoms with Gasteiger partial charge in [-0.25, -0.2) is 0 Å². The predicted octanol–water partition coefficient (Wildman–Crippen LogP) is 3.95. The molecule has 0 heteroatoms. The first-order valence-corrected chi connectivity index (χ1v) is 4.51. The van der Waals surface area contributed by atoms with Gasteiger partial charge in [0.25, 0.3) is 0 Å². The molecule has 0 rings (SSSR count). The van der Waals surface area contributed by atoms with Gasteiger partial charge in [-0.1, -0.05) is 51.5 Å². The average Bonchev–Trinajstić information content (AvgIpc) is 1.86. The van der Waals surface area contributed by atoms with Crippen LogP contribution in [-0.4, -0.2) is 0 Å². The Labute approximate surface area is 71.0 Å². The van der Waals surface area contributed by atoms with Crippen LogP contribution >= 0.6 is 0 Å². The van der Waals surface area contributed by atoms with E-state index in [0.717, 1.165) is 12.3 Å². The zero-order valence-electron chi connectivity index (χ0n) is 8.06. The normalized spacial score (nSPS) is 11.3. The second-order valence-corrected chi connectivity index (χ2v) is 3.45. The van der Waals surface area contributed by atoms with E-state index in [2.05, 4.69) is 39.5 Å². The van der Waals surface area contributed by atoms with E-state index in [1.807, 2.05) is 0 Å². The number of unbranched alkanes of at least 4 members (excludes halogenated alkanes) is 1. The predicted molar refractivity (Wildman–Crippen MR) is 52.6 cm³/mol. The summed E-state index contributed by atoms with van der Waals surface area (Å²) in [4.78, 5) is 0. The molecule has 0 aliphatic heterocycles. The van der Waals surface area contributed by atoms with Crippen molar-refractivity contribution in [2.75, 3.05) is 0 Å². The Morgan fingerprint density at radius 2 is 2.09 bits per heavy atom. The maximum Gasteiger partial charge on any atom is -0.0262 e. The second kappa shape index (κ2) is 6.21. The Hall–Kier alpha value is -0.520. The Balaban J connectivity index is 3.51. The van der Waals surface area contributed by atoms with Crippen LogP contribution in [0.4, 0.5) is 0 Å². The molecule has 0 atom stereocenters. The highest BCUT2D eigenvalue weighted by molar-refractivity contribution is 5.14. The van der Waals surface area contributed by atoms with Crippen molar-refractivity contribution in [1.29, 1.82) is 0 Å². The van der Waals surface area contributed by atoms with Crippen LogP contribution in [0, 0.1) is 5.92 Å². The molecule has 0 aromatic heterocycles. The van der Waals surface area contributed by atoms with Crippen LogP contribution in [0.25, 0.3) is 0 Å². The van der Waals surface area contributed by atoms with Crippen LogP contribution in [-0.2, 0) is 0 Å². The van der Waals surface area contributed by atoms with E-state index in [4.69, 9.17) is 0 Å². The topological polar surface area (TPSA) is 0 Å². The van der Waals surface area contributed by atoms with Crippen LogP contribution in [0.1, 0.15) is 40.0 Å². The van der Waals surface area contributed by atoms with Gasteiger partial charge >= 0.3 is 0 Å². The van der Waals surface area contributed by atoms with Crippen molar-refractivity contribution < 1.29 is 0 Å². The Morgan fingerprint density at radius 3 is 2.55 bits per heavy atom. The molecule has 11 heavy (non-hydrogen) atoms. The molecule has 0 saturated carbocycles. The standard InChI is InChI=1S/C11H20/c1-5-6-7-8-11(4)9-10(2)3/h7-8,10H,4-6,9H2,1-3H3. The highest BCUT2D eigenvalue weighted by Crippen LogP contribution is 2.09. The van der Waals surface area contributed by atoms with Crippen molar-refractivity contribution in [1.82, 2.24) is 0 Å². The fourth-order valence-corrected chi connectivity index (χ4v) is 1.01. The summed E-state index contributed by atoms with van der Waals surface area (Å²) < 4.78 is 0. The zero-order valence-corrected chi connectivity index (χ0v) is 8.06. The molecule has 0 heterocycles. The lowest BCUT2D eigenvalue weighted by molar-refractivity contribution is 0.651. The van der Waals surface area contributed by atoms with E-state index in [-0.39, 0.29) is 0 Å². The minimum absolute atomic E-state index is 0.730. The molecule has 0 spiro atoms. The summed E-state index contributed by atoms with van der Waals surface area (Å²) in [5.74, 6) is 0.730. The quantitative estimate of drug-likeness (QED) is 0.523. The van der Waals surface area contributed by atoms with Gasteiger partial charge in [0.2, 0.25) is 0 Å². The third-order valence-corrected chi connectivity index (χ3v) is 1.48. The van der Waals surface area contributed by atoms with Crippen molar-refractivity contribution in [2.24, 2.45) is 5.92 Å². The molecule has 0 amide bonds. The summed E-state index contributed by atoms with van der Waals surface area (Å²) in [7, 11) is 0. The summed E-state index contributed by atoms with van der Waals surface area (Å²) in [6, 6.07) is 0. The van der Waals surface area contributed by atoms with E-state index in [9.17, 15) is 0 Å². The molecule has 0 aliphatic rings. The van der Waals surface area contributed by atoms with E-state index >= 15 is 0 Å². The highest BCUT2D eigenvalue weighted by Gasteiger charge is 1.93. The highest BCUT2D eigenvalue weighted by atomic mass is 14.0. The summed E-state index contributed by atoms with van der Waals surface area (Å²) in [5, 5.41) is 0. The van der Waals surface area contributed by atoms with Gasteiger partial charge < -0.3 is 0 Å². The summed E-state index contributed by atoms with van der Waals surface area (Å²) in [5.41, 5.74) is 1.26. The lowest BCUT2D eigenvalue weighted by atomic mass is 10.0. The molecule has 0 aliphatic carbocycles. The maximum atomic E-state index is 3.98. The molecular formula is C11H20. The smallest absolute Gasteiger partial charge is 0.0262 e. The van der Waals surface area contributed by atoms with Crippen LogP contribution in [0.2, 0.25) is 0 Å². The Bertz CT molecular complexity index is 129. The third-order valence-electron chi connectivity index (χ3n) is 1.48. The minimum Gasteiger partial charge on any atom is -0.0958 e. The molecular weight excluding hydrogens is 132 g/mol. The number of hydrogen-bond donors (Lipinski definition) is 0. The summed E-state index contributed by atoms with van der Waals surface area (Å²) in [6.07, 6.45) is 7.90. The SMILES string of the molecule is C=C(C=CCCC)CC(C)C. The fourth-order valence-electron chi connectivity index (χ4n) is 1.01. The van der Waals surface area contributed by atoms with Crippen LogP contribution in [0.5, 0.6) is 0 Å². The van der Waals surface area contributed by atoms with E-state index in [0.29, 0.717) is 0 Å². The first-order valence-electron chi connectivity index (χ1n) is 4.51. The maximum absolute atomic E-state index is 3.98. The van der Waals surface area contributed by atoms with Gasteiger partial charge in [-0.2, -0.15) is 0 Å². The Morgan fingerprint density at radius 1 is 1.45 bits per heavy atom. The van der Waals surface area contributed by atoms with E-state index in [1.54, 1.807) is 0 Å². The molecule has 64 valence electrons. The van der Waals surface area contributed by atoms with Gasteiger partial charge in [0.15, 0.2) is 0 Å². The van der Waals surface area contributed by atoms with Gasteiger partial charge in [0.05, 0.1) is 0 Å². The van der Waals surface area contributed by atoms with Gasteiger partial charge in [-0.05, 0) is 18.8 Å². The van der Waals surface area contributed by atoms with Gasteiger partial charge in [-0.15, -0.1) is 0 Å². The molecule has 0 N–H and O–H groups in total. The van der Waals surface area contributed by atoms with Crippen molar-refractivity contribution in [2.45, 2.75) is 40.0 Å². The molecule has 0 aromatic carbocycles. The second-order valence-electron chi connectivity index (χ2n) is 3.45. The summed E-state index contributed by atoms with van der Waals surface area (Å²) in [6.45, 7) is 10.6. The zero-order chi connectivity index (χ0) is 8.69. The number of hydrogen-bond acceptors (Lipinski definition) is 0. The minimum atomic E-state index is 0.730. The molecule has 0 saturated heterocycles. The average molecular weight is 152 g/mol. The van der Waals surface area contributed by atoms with Gasteiger partial charge in [0.1, 0.15) is 0 Å². The number of rotatable bonds is 5. The van der Waals surface area contributed by atoms with Gasteiger partial charge in [0, 0.05) is 0 Å². The monoisotopic (exact) mass is 152 g/mol. The first-order chi connectivity index (χ1) is 5.16. The molecule has 0 nitrogen and oxygen atoms in total. The van der Waals surface area contributed by atoms with Gasteiger partial charge in [-0.3, -0.25) is 0 Å². The van der Waals surface area contributed by atoms with Crippen LogP contribution in [0.3, 0.4) is 0 Å². The van der Waals surface area contributed by atoms with Crippen molar-refractivity contribution in [3.8, 4) is 0 Å². The molecule has 0 fully saturated rings. The van der Waals surface area contributed by atoms with Crippen molar-refractivity contribution in [3.05, 3.63) is 24.3 Å². The lowest BCUT2D eigenvalue weighted by Crippen LogP contribution is -1.86. The van der Waals surface area contributed by atoms with E-state index < -0.39 is 0 Å². The fraction of sp³-hybridized carbons (Fsp3) is 0.636. The Kier molecular flexibility index (Phi) is 5.91.